The molecule has 2 heterocycles. The van der Waals surface area contributed by atoms with Gasteiger partial charge in [0, 0.05) is 5.56 Å². The second kappa shape index (κ2) is 8.44. The largest absolute Gasteiger partial charge is 0.494 e. The first-order chi connectivity index (χ1) is 15.1. The van der Waals surface area contributed by atoms with Crippen molar-refractivity contribution in [3.63, 3.8) is 0 Å². The molecule has 1 aliphatic heterocycles. The predicted molar refractivity (Wildman–Crippen MR) is 116 cm³/mol. The number of nitrogens with two attached hydrogens (primary N) is 1. The van der Waals surface area contributed by atoms with E-state index in [4.69, 9.17) is 25.0 Å². The van der Waals surface area contributed by atoms with E-state index in [1.165, 1.54) is 0 Å². The van der Waals surface area contributed by atoms with Crippen LogP contribution in [-0.4, -0.2) is 23.0 Å². The van der Waals surface area contributed by atoms with Crippen molar-refractivity contribution in [2.75, 3.05) is 13.2 Å². The Morgan fingerprint density at radius 3 is 2.55 bits per heavy atom. The Morgan fingerprint density at radius 1 is 1.13 bits per heavy atom. The van der Waals surface area contributed by atoms with Crippen molar-refractivity contribution in [3.05, 3.63) is 76.8 Å². The summed E-state index contributed by atoms with van der Waals surface area (Å²) in [7, 11) is 0. The lowest BCUT2D eigenvalue weighted by Crippen LogP contribution is -2.22. The van der Waals surface area contributed by atoms with Gasteiger partial charge in [-0.3, -0.25) is 0 Å². The summed E-state index contributed by atoms with van der Waals surface area (Å²) in [5.74, 6) is 1.41. The van der Waals surface area contributed by atoms with Crippen LogP contribution in [0.2, 0.25) is 0 Å². The second-order valence-corrected chi connectivity index (χ2v) is 7.04. The van der Waals surface area contributed by atoms with Crippen LogP contribution in [-0.2, 0) is 0 Å². The number of ether oxygens (including phenoxy) is 3. The fourth-order valence-corrected chi connectivity index (χ4v) is 3.86. The van der Waals surface area contributed by atoms with Crippen LogP contribution in [0, 0.1) is 18.3 Å². The molecule has 2 N–H and O–H groups in total. The van der Waals surface area contributed by atoms with E-state index in [0.717, 1.165) is 22.5 Å². The fraction of sp³-hybridized carbons (Fsp3) is 0.250. The average Bonchev–Trinajstić information content (AvgIpc) is 3.10. The van der Waals surface area contributed by atoms with E-state index < -0.39 is 5.92 Å². The molecule has 0 fully saturated rings. The highest BCUT2D eigenvalue weighted by atomic mass is 16.5. The fourth-order valence-electron chi connectivity index (χ4n) is 3.86. The normalized spacial score (nSPS) is 15.1. The van der Waals surface area contributed by atoms with Crippen molar-refractivity contribution in [1.29, 1.82) is 5.26 Å². The molecule has 1 aliphatic rings. The number of hydrogen-bond donors (Lipinski definition) is 1. The van der Waals surface area contributed by atoms with Gasteiger partial charge >= 0.3 is 0 Å². The van der Waals surface area contributed by atoms with Gasteiger partial charge in [-0.1, -0.05) is 18.2 Å². The average molecular weight is 416 g/mol. The third kappa shape index (κ3) is 3.57. The Morgan fingerprint density at radius 2 is 1.87 bits per heavy atom. The first kappa shape index (κ1) is 20.4. The SMILES string of the molecule is CCOc1ccc(OCC)c([C@H]2C(C#N)=C(N)Oc3c2c(C)nn3-c2ccccc2)c1. The Kier molecular flexibility index (Phi) is 5.54. The zero-order chi connectivity index (χ0) is 22.0. The summed E-state index contributed by atoms with van der Waals surface area (Å²) in [6.45, 7) is 6.76. The minimum Gasteiger partial charge on any atom is -0.494 e. The zero-order valence-electron chi connectivity index (χ0n) is 17.8. The Balaban J connectivity index is 1.97. The van der Waals surface area contributed by atoms with E-state index in [2.05, 4.69) is 6.07 Å². The van der Waals surface area contributed by atoms with Gasteiger partial charge in [-0.25, -0.2) is 4.68 Å². The van der Waals surface area contributed by atoms with Crippen molar-refractivity contribution < 1.29 is 14.2 Å². The van der Waals surface area contributed by atoms with Crippen LogP contribution in [0.4, 0.5) is 0 Å². The van der Waals surface area contributed by atoms with E-state index in [-0.39, 0.29) is 5.88 Å². The molecular weight excluding hydrogens is 392 g/mol. The summed E-state index contributed by atoms with van der Waals surface area (Å²) < 4.78 is 19.3. The summed E-state index contributed by atoms with van der Waals surface area (Å²) >= 11 is 0. The number of rotatable bonds is 6. The summed E-state index contributed by atoms with van der Waals surface area (Å²) in [5, 5.41) is 14.7. The lowest BCUT2D eigenvalue weighted by Gasteiger charge is -2.26. The Hall–Kier alpha value is -3.92. The number of para-hydroxylation sites is 1. The number of aromatic nitrogens is 2. The van der Waals surface area contributed by atoms with Crippen LogP contribution in [0.25, 0.3) is 5.69 Å². The maximum atomic E-state index is 9.96. The summed E-state index contributed by atoms with van der Waals surface area (Å²) in [6, 6.07) is 17.5. The van der Waals surface area contributed by atoms with Gasteiger partial charge in [-0.15, -0.1) is 0 Å². The predicted octanol–water partition coefficient (Wildman–Crippen LogP) is 4.20. The molecule has 0 unspecified atom stereocenters. The van der Waals surface area contributed by atoms with E-state index >= 15 is 0 Å². The molecule has 31 heavy (non-hydrogen) atoms. The smallest absolute Gasteiger partial charge is 0.229 e. The maximum Gasteiger partial charge on any atom is 0.229 e. The van der Waals surface area contributed by atoms with Gasteiger partial charge in [0.25, 0.3) is 0 Å². The topological polar surface area (TPSA) is 95.3 Å². The summed E-state index contributed by atoms with van der Waals surface area (Å²) in [5.41, 5.74) is 9.70. The van der Waals surface area contributed by atoms with Gasteiger partial charge < -0.3 is 19.9 Å². The molecule has 2 aromatic carbocycles. The lowest BCUT2D eigenvalue weighted by atomic mass is 9.83. The van der Waals surface area contributed by atoms with Gasteiger partial charge in [-0.05, 0) is 51.1 Å². The monoisotopic (exact) mass is 416 g/mol. The number of hydrogen-bond acceptors (Lipinski definition) is 6. The van der Waals surface area contributed by atoms with Gasteiger partial charge in [-0.2, -0.15) is 10.4 Å². The maximum absolute atomic E-state index is 9.96. The third-order valence-electron chi connectivity index (χ3n) is 5.14. The number of nitriles is 1. The first-order valence-corrected chi connectivity index (χ1v) is 10.2. The zero-order valence-corrected chi connectivity index (χ0v) is 17.8. The van der Waals surface area contributed by atoms with E-state index in [9.17, 15) is 5.26 Å². The minimum atomic E-state index is -0.492. The molecule has 1 aromatic heterocycles. The molecule has 3 aromatic rings. The minimum absolute atomic E-state index is 0.0568. The Labute approximate surface area is 181 Å². The number of benzene rings is 2. The van der Waals surface area contributed by atoms with Gasteiger partial charge in [0.1, 0.15) is 23.1 Å². The third-order valence-corrected chi connectivity index (χ3v) is 5.14. The number of aryl methyl sites for hydroxylation is 1. The number of allylic oxidation sites excluding steroid dienone is 1. The molecule has 0 radical (unpaired) electrons. The summed E-state index contributed by atoms with van der Waals surface area (Å²) in [6.07, 6.45) is 0. The van der Waals surface area contributed by atoms with Crippen LogP contribution >= 0.6 is 0 Å². The Bertz CT molecular complexity index is 1180. The van der Waals surface area contributed by atoms with Crippen molar-refractivity contribution >= 4 is 0 Å². The molecule has 0 saturated heterocycles. The van der Waals surface area contributed by atoms with Crippen LogP contribution in [0.15, 0.2) is 60.0 Å². The molecule has 7 nitrogen and oxygen atoms in total. The quantitative estimate of drug-likeness (QED) is 0.647. The molecule has 0 bridgehead atoms. The van der Waals surface area contributed by atoms with Crippen molar-refractivity contribution in [3.8, 4) is 29.1 Å². The van der Waals surface area contributed by atoms with Crippen molar-refractivity contribution in [2.45, 2.75) is 26.7 Å². The van der Waals surface area contributed by atoms with Gasteiger partial charge in [0.2, 0.25) is 11.8 Å². The van der Waals surface area contributed by atoms with Crippen molar-refractivity contribution in [1.82, 2.24) is 9.78 Å². The molecule has 0 saturated carbocycles. The lowest BCUT2D eigenvalue weighted by molar-refractivity contribution is 0.325. The van der Waals surface area contributed by atoms with Gasteiger partial charge in [0.15, 0.2) is 0 Å². The molecule has 0 spiro atoms. The van der Waals surface area contributed by atoms with E-state index in [0.29, 0.717) is 36.2 Å². The molecule has 158 valence electrons. The first-order valence-electron chi connectivity index (χ1n) is 10.2. The highest BCUT2D eigenvalue weighted by molar-refractivity contribution is 5.60. The van der Waals surface area contributed by atoms with E-state index in [1.807, 2.05) is 69.3 Å². The molecule has 7 heteroatoms. The second-order valence-electron chi connectivity index (χ2n) is 7.04. The standard InChI is InChI=1S/C24H24N4O3/c1-4-29-17-11-12-20(30-5-2)18(13-17)22-19(14-25)23(26)31-24-21(22)15(3)27-28(24)16-9-7-6-8-10-16/h6-13,22H,4-5,26H2,1-3H3/t22-/m0/s1. The van der Waals surface area contributed by atoms with Crippen LogP contribution in [0.3, 0.4) is 0 Å². The summed E-state index contributed by atoms with van der Waals surface area (Å²) in [4.78, 5) is 0. The molecule has 4 rings (SSSR count). The van der Waals surface area contributed by atoms with Crippen LogP contribution in [0.1, 0.15) is 36.6 Å². The van der Waals surface area contributed by atoms with Crippen LogP contribution in [0.5, 0.6) is 17.4 Å². The highest BCUT2D eigenvalue weighted by Gasteiger charge is 2.37. The highest BCUT2D eigenvalue weighted by Crippen LogP contribution is 2.47. The number of fused-ring (bicyclic) bond motifs is 1. The van der Waals surface area contributed by atoms with E-state index in [1.54, 1.807) is 4.68 Å². The number of nitrogens with zero attached hydrogens (tertiary/aromatic N) is 3. The van der Waals surface area contributed by atoms with Gasteiger partial charge in [0.05, 0.1) is 36.1 Å². The molecule has 0 aliphatic carbocycles. The molecular formula is C24H24N4O3. The molecule has 0 amide bonds. The van der Waals surface area contributed by atoms with Crippen molar-refractivity contribution in [2.24, 2.45) is 5.73 Å². The molecule has 1 atom stereocenters. The van der Waals surface area contributed by atoms with Crippen LogP contribution < -0.4 is 19.9 Å².